The summed E-state index contributed by atoms with van der Waals surface area (Å²) in [4.78, 5) is 9.61. The fraction of sp³-hybridized carbons (Fsp3) is 0.957. The van der Waals surface area contributed by atoms with E-state index in [-0.39, 0.29) is 0 Å². The minimum Gasteiger partial charge on any atom is -0.544 e. The Morgan fingerprint density at radius 2 is 0.707 bits per heavy atom. The SMILES string of the molecule is C1CCC([S+](C2CCCC2)C2CCCC2)C1.O=C([O-])C(F)(F)C(F)(F)C(F)(F)C(F)(F)C(F)(F)C(F)(F)C(F)(F)F. The Kier molecular flexibility index (Phi) is 10.6. The van der Waals surface area contributed by atoms with Crippen LogP contribution in [0.25, 0.3) is 0 Å². The van der Waals surface area contributed by atoms with Crippen LogP contribution in [0.3, 0.4) is 0 Å². The molecule has 0 atom stereocenters. The number of alkyl halides is 15. The zero-order valence-corrected chi connectivity index (χ0v) is 21.9. The average Bonchev–Trinajstić information content (AvgIpc) is 3.63. The van der Waals surface area contributed by atoms with Crippen LogP contribution in [-0.2, 0) is 15.7 Å². The fourth-order valence-corrected chi connectivity index (χ4v) is 9.66. The van der Waals surface area contributed by atoms with Crippen molar-refractivity contribution in [2.75, 3.05) is 0 Å². The molecule has 0 heterocycles. The van der Waals surface area contributed by atoms with E-state index in [1.807, 2.05) is 0 Å². The molecule has 18 heteroatoms. The molecule has 3 aliphatic carbocycles. The van der Waals surface area contributed by atoms with E-state index in [0.29, 0.717) is 0 Å². The molecule has 3 rings (SSSR count). The van der Waals surface area contributed by atoms with Gasteiger partial charge in [-0.15, -0.1) is 0 Å². The summed E-state index contributed by atoms with van der Waals surface area (Å²) in [5.74, 6) is -53.3. The number of aliphatic carboxylic acids is 1. The minimum absolute atomic E-state index is 0.850. The Bertz CT molecular complexity index is 850. The first-order valence-electron chi connectivity index (χ1n) is 12.6. The number of carbonyl (C=O) groups excluding carboxylic acids is 1. The number of rotatable bonds is 9. The highest BCUT2D eigenvalue weighted by Gasteiger charge is 2.93. The predicted molar refractivity (Wildman–Crippen MR) is 115 cm³/mol. The third kappa shape index (κ3) is 6.22. The molecule has 3 aliphatic rings. The lowest BCUT2D eigenvalue weighted by atomic mass is 9.91. The average molecular weight is 653 g/mol. The fourth-order valence-electron chi connectivity index (χ4n) is 5.39. The topological polar surface area (TPSA) is 40.1 Å². The number of hydrogen-bond acceptors (Lipinski definition) is 2. The van der Waals surface area contributed by atoms with E-state index in [2.05, 4.69) is 0 Å². The molecule has 0 N–H and O–H groups in total. The lowest BCUT2D eigenvalue weighted by molar-refractivity contribution is -0.454. The van der Waals surface area contributed by atoms with Crippen molar-refractivity contribution in [3.05, 3.63) is 0 Å². The quantitative estimate of drug-likeness (QED) is 0.191. The van der Waals surface area contributed by atoms with E-state index in [4.69, 9.17) is 0 Å². The first-order chi connectivity index (χ1) is 18.4. The van der Waals surface area contributed by atoms with Crippen LogP contribution in [-0.4, -0.2) is 63.4 Å². The van der Waals surface area contributed by atoms with E-state index < -0.39 is 47.7 Å². The van der Waals surface area contributed by atoms with E-state index >= 15 is 0 Å². The summed E-state index contributed by atoms with van der Waals surface area (Å²) in [5, 5.41) is 13.1. The van der Waals surface area contributed by atoms with Crippen LogP contribution in [0.15, 0.2) is 0 Å². The van der Waals surface area contributed by atoms with Crippen molar-refractivity contribution >= 4 is 16.9 Å². The van der Waals surface area contributed by atoms with Gasteiger partial charge in [-0.25, -0.2) is 0 Å². The monoisotopic (exact) mass is 652 g/mol. The molecule has 0 spiro atoms. The standard InChI is InChI=1S/C15H27S.C8HF15O2/c1-2-8-13(7-1)16(14-9-3-4-10-14)15-11-5-6-12-15;9-2(10,1(24)25)3(11,12)4(13,14)5(15,16)6(17,18)7(19,20)8(21,22)23/h13-15H,1-12H2;(H,24,25)/q+1;/p-1. The summed E-state index contributed by atoms with van der Waals surface area (Å²) in [6.45, 7) is 0. The lowest BCUT2D eigenvalue weighted by Gasteiger charge is -2.41. The molecule has 41 heavy (non-hydrogen) atoms. The van der Waals surface area contributed by atoms with Crippen molar-refractivity contribution in [3.8, 4) is 0 Å². The maximum absolute atomic E-state index is 12.8. The lowest BCUT2D eigenvalue weighted by Crippen LogP contribution is -2.74. The van der Waals surface area contributed by atoms with E-state index in [0.717, 1.165) is 10.9 Å². The van der Waals surface area contributed by atoms with Crippen LogP contribution in [0.1, 0.15) is 77.0 Å². The Labute approximate surface area is 227 Å². The smallest absolute Gasteiger partial charge is 0.460 e. The zero-order valence-electron chi connectivity index (χ0n) is 21.1. The summed E-state index contributed by atoms with van der Waals surface area (Å²) >= 11 is 0. The van der Waals surface area contributed by atoms with Crippen LogP contribution >= 0.6 is 0 Å². The van der Waals surface area contributed by atoms with Crippen molar-refractivity contribution < 1.29 is 75.8 Å². The van der Waals surface area contributed by atoms with Crippen LogP contribution < -0.4 is 5.11 Å². The minimum atomic E-state index is -8.50. The summed E-state index contributed by atoms with van der Waals surface area (Å²) in [5.41, 5.74) is 0. The van der Waals surface area contributed by atoms with Crippen molar-refractivity contribution in [2.24, 2.45) is 0 Å². The number of hydrogen-bond donors (Lipinski definition) is 0. The van der Waals surface area contributed by atoms with Crippen LogP contribution in [0, 0.1) is 0 Å². The summed E-state index contributed by atoms with van der Waals surface area (Å²) in [6, 6.07) is 0. The maximum Gasteiger partial charge on any atom is 0.460 e. The highest BCUT2D eigenvalue weighted by Crippen LogP contribution is 2.62. The Hall–Kier alpha value is -1.23. The largest absolute Gasteiger partial charge is 0.544 e. The van der Waals surface area contributed by atoms with Gasteiger partial charge in [0.15, 0.2) is 0 Å². The third-order valence-electron chi connectivity index (χ3n) is 7.65. The van der Waals surface area contributed by atoms with Gasteiger partial charge in [0, 0.05) is 0 Å². The predicted octanol–water partition coefficient (Wildman–Crippen LogP) is 7.54. The van der Waals surface area contributed by atoms with Gasteiger partial charge in [-0.3, -0.25) is 0 Å². The second-order valence-electron chi connectivity index (χ2n) is 10.4. The van der Waals surface area contributed by atoms with E-state index in [9.17, 15) is 75.8 Å². The molecule has 242 valence electrons. The first-order valence-corrected chi connectivity index (χ1v) is 14.1. The molecule has 0 bridgehead atoms. The van der Waals surface area contributed by atoms with Gasteiger partial charge in [-0.05, 0) is 87.9 Å². The van der Waals surface area contributed by atoms with Crippen molar-refractivity contribution in [2.45, 2.75) is 135 Å². The van der Waals surface area contributed by atoms with Gasteiger partial charge in [0.1, 0.15) is 21.7 Å². The van der Waals surface area contributed by atoms with Crippen LogP contribution in [0.5, 0.6) is 0 Å². The van der Waals surface area contributed by atoms with Gasteiger partial charge in [0.05, 0.1) is 0 Å². The van der Waals surface area contributed by atoms with Gasteiger partial charge >= 0.3 is 41.7 Å². The maximum atomic E-state index is 12.8. The second-order valence-corrected chi connectivity index (χ2v) is 13.2. The number of carbonyl (C=O) groups is 1. The van der Waals surface area contributed by atoms with Gasteiger partial charge < -0.3 is 9.90 Å². The summed E-state index contributed by atoms with van der Waals surface area (Å²) in [6.07, 6.45) is 11.1. The molecule has 3 saturated carbocycles. The van der Waals surface area contributed by atoms with Crippen molar-refractivity contribution in [1.82, 2.24) is 0 Å². The Morgan fingerprint density at radius 1 is 0.463 bits per heavy atom. The molecule has 0 aliphatic heterocycles. The molecule has 2 nitrogen and oxygen atoms in total. The van der Waals surface area contributed by atoms with E-state index in [1.165, 1.54) is 15.7 Å². The number of halogens is 15. The molecular weight excluding hydrogens is 625 g/mol. The normalized spacial score (nSPS) is 21.5. The van der Waals surface area contributed by atoms with Crippen molar-refractivity contribution in [1.29, 1.82) is 0 Å². The van der Waals surface area contributed by atoms with Gasteiger partial charge in [-0.1, -0.05) is 0 Å². The van der Waals surface area contributed by atoms with Gasteiger partial charge in [0.25, 0.3) is 0 Å². The molecule has 0 saturated heterocycles. The van der Waals surface area contributed by atoms with Crippen molar-refractivity contribution in [3.63, 3.8) is 0 Å². The van der Waals surface area contributed by atoms with Gasteiger partial charge in [-0.2, -0.15) is 65.9 Å². The first kappa shape index (κ1) is 36.0. The molecule has 0 amide bonds. The van der Waals surface area contributed by atoms with Crippen LogP contribution in [0.2, 0.25) is 0 Å². The van der Waals surface area contributed by atoms with Crippen LogP contribution in [0.4, 0.5) is 65.9 Å². The number of carboxylic acids is 1. The summed E-state index contributed by atoms with van der Waals surface area (Å²) < 4.78 is 186. The Morgan fingerprint density at radius 3 is 0.951 bits per heavy atom. The Balaban J connectivity index is 0.000000311. The molecule has 0 aromatic heterocycles. The highest BCUT2D eigenvalue weighted by atomic mass is 32.2. The second kappa shape index (κ2) is 12.0. The molecular formula is C23H27F15O2S. The van der Waals surface area contributed by atoms with E-state index in [1.54, 1.807) is 77.0 Å². The molecule has 3 fully saturated rings. The number of carboxylic acid groups (broad SMARTS) is 1. The molecule has 0 aromatic rings. The molecule has 0 aromatic carbocycles. The van der Waals surface area contributed by atoms with Gasteiger partial charge in [0.2, 0.25) is 0 Å². The third-order valence-corrected chi connectivity index (χ3v) is 11.4. The summed E-state index contributed by atoms with van der Waals surface area (Å²) in [7, 11) is 0.850. The molecule has 0 unspecified atom stereocenters. The zero-order chi connectivity index (χ0) is 31.9. The molecule has 0 radical (unpaired) electrons. The highest BCUT2D eigenvalue weighted by molar-refractivity contribution is 7.98.